The van der Waals surface area contributed by atoms with Gasteiger partial charge in [0.25, 0.3) is 11.8 Å². The predicted octanol–water partition coefficient (Wildman–Crippen LogP) is 4.94. The van der Waals surface area contributed by atoms with Crippen LogP contribution >= 0.6 is 11.6 Å². The molecule has 2 N–H and O–H groups in total. The van der Waals surface area contributed by atoms with E-state index in [0.29, 0.717) is 24.5 Å². The van der Waals surface area contributed by atoms with Gasteiger partial charge in [0.05, 0.1) is 16.3 Å². The van der Waals surface area contributed by atoms with E-state index in [9.17, 15) is 18.0 Å². The lowest BCUT2D eigenvalue weighted by Crippen LogP contribution is -2.28. The van der Waals surface area contributed by atoms with Crippen LogP contribution in [0.1, 0.15) is 39.1 Å². The first-order valence-corrected chi connectivity index (χ1v) is 12.7. The van der Waals surface area contributed by atoms with Gasteiger partial charge in [0.2, 0.25) is 10.0 Å². The average Bonchev–Trinajstić information content (AvgIpc) is 3.35. The molecule has 0 unspecified atom stereocenters. The number of hydrogen-bond acceptors (Lipinski definition) is 4. The van der Waals surface area contributed by atoms with Crippen molar-refractivity contribution < 1.29 is 18.0 Å². The van der Waals surface area contributed by atoms with Crippen LogP contribution in [0.5, 0.6) is 0 Å². The zero-order valence-corrected chi connectivity index (χ0v) is 20.1. The van der Waals surface area contributed by atoms with Crippen LogP contribution in [0, 0.1) is 6.92 Å². The van der Waals surface area contributed by atoms with Crippen LogP contribution in [0.3, 0.4) is 0 Å². The summed E-state index contributed by atoms with van der Waals surface area (Å²) in [7, 11) is -3.80. The van der Waals surface area contributed by atoms with Gasteiger partial charge in [-0.15, -0.1) is 0 Å². The smallest absolute Gasteiger partial charge is 0.257 e. The average molecular weight is 498 g/mol. The number of carbonyl (C=O) groups is 2. The van der Waals surface area contributed by atoms with E-state index in [0.717, 1.165) is 18.4 Å². The van der Waals surface area contributed by atoms with Gasteiger partial charge in [0.1, 0.15) is 4.90 Å². The highest BCUT2D eigenvalue weighted by atomic mass is 35.5. The minimum atomic E-state index is -3.80. The topological polar surface area (TPSA) is 95.6 Å². The Morgan fingerprint density at radius 2 is 1.62 bits per heavy atom. The third kappa shape index (κ3) is 5.14. The first-order chi connectivity index (χ1) is 16.3. The molecule has 0 atom stereocenters. The van der Waals surface area contributed by atoms with E-state index in [2.05, 4.69) is 10.6 Å². The first-order valence-electron chi connectivity index (χ1n) is 10.8. The molecule has 9 heteroatoms. The first kappa shape index (κ1) is 23.9. The summed E-state index contributed by atoms with van der Waals surface area (Å²) in [4.78, 5) is 25.8. The summed E-state index contributed by atoms with van der Waals surface area (Å²) in [5.41, 5.74) is 2.34. The lowest BCUT2D eigenvalue weighted by atomic mass is 10.1. The monoisotopic (exact) mass is 497 g/mol. The van der Waals surface area contributed by atoms with Gasteiger partial charge in [-0.1, -0.05) is 35.9 Å². The van der Waals surface area contributed by atoms with Gasteiger partial charge < -0.3 is 10.6 Å². The molecule has 0 saturated carbocycles. The molecule has 2 amide bonds. The molecule has 0 aliphatic carbocycles. The fourth-order valence-corrected chi connectivity index (χ4v) is 5.83. The van der Waals surface area contributed by atoms with Crippen molar-refractivity contribution in [3.63, 3.8) is 0 Å². The Morgan fingerprint density at radius 3 is 2.35 bits per heavy atom. The number of nitrogens with one attached hydrogen (secondary N) is 2. The maximum absolute atomic E-state index is 13.0. The summed E-state index contributed by atoms with van der Waals surface area (Å²) >= 11 is 6.19. The zero-order chi connectivity index (χ0) is 24.3. The zero-order valence-electron chi connectivity index (χ0n) is 18.5. The number of halogens is 1. The summed E-state index contributed by atoms with van der Waals surface area (Å²) < 4.78 is 27.3. The van der Waals surface area contributed by atoms with Gasteiger partial charge in [0, 0.05) is 24.3 Å². The number of anilines is 2. The molecule has 0 bridgehead atoms. The van der Waals surface area contributed by atoms with E-state index >= 15 is 0 Å². The van der Waals surface area contributed by atoms with Crippen LogP contribution in [0.15, 0.2) is 71.6 Å². The van der Waals surface area contributed by atoms with Crippen LogP contribution in [0.2, 0.25) is 5.02 Å². The van der Waals surface area contributed by atoms with E-state index in [1.165, 1.54) is 22.5 Å². The summed E-state index contributed by atoms with van der Waals surface area (Å²) in [5.74, 6) is -0.930. The van der Waals surface area contributed by atoms with Gasteiger partial charge in [-0.05, 0) is 67.8 Å². The van der Waals surface area contributed by atoms with Crippen molar-refractivity contribution in [2.24, 2.45) is 0 Å². The molecule has 1 heterocycles. The van der Waals surface area contributed by atoms with Gasteiger partial charge in [-0.2, -0.15) is 4.31 Å². The molecule has 0 aromatic heterocycles. The maximum atomic E-state index is 13.0. The van der Waals surface area contributed by atoms with Gasteiger partial charge in [0.15, 0.2) is 0 Å². The lowest BCUT2D eigenvalue weighted by molar-refractivity contribution is 0.102. The van der Waals surface area contributed by atoms with E-state index in [1.54, 1.807) is 30.3 Å². The molecule has 3 aromatic rings. The van der Waals surface area contributed by atoms with Gasteiger partial charge >= 0.3 is 0 Å². The minimum absolute atomic E-state index is 0.0568. The van der Waals surface area contributed by atoms with Crippen molar-refractivity contribution in [1.29, 1.82) is 0 Å². The van der Waals surface area contributed by atoms with Gasteiger partial charge in [-0.3, -0.25) is 9.59 Å². The Morgan fingerprint density at radius 1 is 0.882 bits per heavy atom. The van der Waals surface area contributed by atoms with Crippen LogP contribution in [-0.2, 0) is 10.0 Å². The Bertz CT molecular complexity index is 1350. The van der Waals surface area contributed by atoms with Crippen LogP contribution in [0.4, 0.5) is 11.4 Å². The normalized spacial score (nSPS) is 14.1. The molecule has 4 rings (SSSR count). The second-order valence-corrected chi connectivity index (χ2v) is 10.4. The number of aryl methyl sites for hydroxylation is 1. The number of hydrogen-bond donors (Lipinski definition) is 2. The number of amides is 2. The third-order valence-electron chi connectivity index (χ3n) is 5.57. The van der Waals surface area contributed by atoms with Crippen molar-refractivity contribution in [3.05, 3.63) is 88.4 Å². The van der Waals surface area contributed by atoms with E-state index in [1.807, 2.05) is 25.1 Å². The van der Waals surface area contributed by atoms with Gasteiger partial charge in [-0.25, -0.2) is 8.42 Å². The lowest BCUT2D eigenvalue weighted by Gasteiger charge is -2.17. The number of nitrogens with zero attached hydrogens (tertiary/aromatic N) is 1. The second kappa shape index (κ2) is 9.97. The number of para-hydroxylation sites is 1. The Hall–Kier alpha value is -3.20. The van der Waals surface area contributed by atoms with Crippen LogP contribution in [-0.4, -0.2) is 37.6 Å². The summed E-state index contributed by atoms with van der Waals surface area (Å²) in [5, 5.41) is 5.61. The van der Waals surface area contributed by atoms with Crippen molar-refractivity contribution in [3.8, 4) is 0 Å². The number of benzene rings is 3. The molecule has 1 fully saturated rings. The molecule has 3 aromatic carbocycles. The summed E-state index contributed by atoms with van der Waals surface area (Å²) in [6, 6.07) is 18.1. The van der Waals surface area contributed by atoms with Crippen molar-refractivity contribution >= 4 is 44.8 Å². The maximum Gasteiger partial charge on any atom is 0.257 e. The Balaban J connectivity index is 1.57. The second-order valence-electron chi connectivity index (χ2n) is 8.08. The molecular weight excluding hydrogens is 474 g/mol. The quantitative estimate of drug-likeness (QED) is 0.504. The molecule has 7 nitrogen and oxygen atoms in total. The molecule has 1 aliphatic heterocycles. The number of carbonyl (C=O) groups excluding carboxylic acids is 2. The number of rotatable bonds is 6. The van der Waals surface area contributed by atoms with E-state index in [-0.39, 0.29) is 27.0 Å². The van der Waals surface area contributed by atoms with Crippen LogP contribution in [0.25, 0.3) is 0 Å². The van der Waals surface area contributed by atoms with Crippen molar-refractivity contribution in [2.75, 3.05) is 23.7 Å². The molecule has 176 valence electrons. The SMILES string of the molecule is Cc1cccc(NC(=O)c2ccccc2NC(=O)c2ccc(Cl)c(S(=O)(=O)N3CCCC3)c2)c1. The summed E-state index contributed by atoms with van der Waals surface area (Å²) in [6.45, 7) is 2.78. The summed E-state index contributed by atoms with van der Waals surface area (Å²) in [6.07, 6.45) is 1.58. The Labute approximate surface area is 203 Å². The highest BCUT2D eigenvalue weighted by Gasteiger charge is 2.30. The minimum Gasteiger partial charge on any atom is -0.322 e. The fraction of sp³-hybridized carbons (Fsp3) is 0.200. The Kier molecular flexibility index (Phi) is 7.02. The predicted molar refractivity (Wildman–Crippen MR) is 133 cm³/mol. The van der Waals surface area contributed by atoms with Crippen molar-refractivity contribution in [2.45, 2.75) is 24.7 Å². The molecule has 1 saturated heterocycles. The molecule has 34 heavy (non-hydrogen) atoms. The number of sulfonamides is 1. The molecule has 0 spiro atoms. The standard InChI is InChI=1S/C25H24ClN3O4S/c1-17-7-6-8-19(15-17)27-25(31)20-9-2-3-10-22(20)28-24(30)18-11-12-21(26)23(16-18)34(32,33)29-13-4-5-14-29/h2-3,6-12,15-16H,4-5,13-14H2,1H3,(H,27,31)(H,28,30). The van der Waals surface area contributed by atoms with E-state index < -0.39 is 15.9 Å². The third-order valence-corrected chi connectivity index (χ3v) is 7.95. The largest absolute Gasteiger partial charge is 0.322 e. The van der Waals surface area contributed by atoms with Crippen molar-refractivity contribution in [1.82, 2.24) is 4.31 Å². The molecule has 0 radical (unpaired) electrons. The fourth-order valence-electron chi connectivity index (χ4n) is 3.82. The molecule has 1 aliphatic rings. The van der Waals surface area contributed by atoms with E-state index in [4.69, 9.17) is 11.6 Å². The van der Waals surface area contributed by atoms with Crippen LogP contribution < -0.4 is 10.6 Å². The highest BCUT2D eigenvalue weighted by Crippen LogP contribution is 2.28. The highest BCUT2D eigenvalue weighted by molar-refractivity contribution is 7.89. The molecular formula is C25H24ClN3O4S.